The van der Waals surface area contributed by atoms with Crippen LogP contribution in [0.5, 0.6) is 11.5 Å². The maximum atomic E-state index is 10.1. The molecule has 0 saturated heterocycles. The molecule has 0 fully saturated rings. The van der Waals surface area contributed by atoms with E-state index >= 15 is 0 Å². The molecule has 2 N–H and O–H groups in total. The Morgan fingerprint density at radius 1 is 0.750 bits per heavy atom. The van der Waals surface area contributed by atoms with E-state index in [1.807, 2.05) is 48.9 Å². The van der Waals surface area contributed by atoms with Gasteiger partial charge < -0.3 is 10.2 Å². The van der Waals surface area contributed by atoms with Crippen molar-refractivity contribution in [3.8, 4) is 32.4 Å². The summed E-state index contributed by atoms with van der Waals surface area (Å²) in [6.45, 7) is 4.00. The Hall–Kier alpha value is -1.78. The molecule has 0 saturated carbocycles. The maximum absolute atomic E-state index is 10.1. The molecule has 0 aliphatic heterocycles. The van der Waals surface area contributed by atoms with E-state index in [4.69, 9.17) is 0 Å². The molecule has 0 radical (unpaired) electrons. The Balaban J connectivity index is 0.000000704. The van der Waals surface area contributed by atoms with Gasteiger partial charge in [0, 0.05) is 20.9 Å². The van der Waals surface area contributed by atoms with E-state index < -0.39 is 0 Å². The van der Waals surface area contributed by atoms with Crippen molar-refractivity contribution >= 4 is 22.7 Å². The van der Waals surface area contributed by atoms with Gasteiger partial charge in [-0.25, -0.2) is 0 Å². The molecule has 0 amide bonds. The molecule has 20 heavy (non-hydrogen) atoms. The van der Waals surface area contributed by atoms with Gasteiger partial charge in [-0.05, 0) is 35.0 Å². The van der Waals surface area contributed by atoms with E-state index in [0.29, 0.717) is 11.1 Å². The summed E-state index contributed by atoms with van der Waals surface area (Å²) in [6, 6.07) is 10.9. The molecule has 3 aromatic rings. The van der Waals surface area contributed by atoms with Gasteiger partial charge in [0.15, 0.2) is 0 Å². The van der Waals surface area contributed by atoms with Gasteiger partial charge in [-0.1, -0.05) is 26.0 Å². The molecule has 1 aromatic carbocycles. The van der Waals surface area contributed by atoms with Crippen LogP contribution >= 0.6 is 22.7 Å². The zero-order valence-electron chi connectivity index (χ0n) is 11.3. The molecule has 3 rings (SSSR count). The van der Waals surface area contributed by atoms with E-state index in [0.717, 1.165) is 9.75 Å². The van der Waals surface area contributed by atoms with Crippen LogP contribution < -0.4 is 0 Å². The minimum Gasteiger partial charge on any atom is -0.507 e. The van der Waals surface area contributed by atoms with E-state index in [-0.39, 0.29) is 11.5 Å². The first kappa shape index (κ1) is 14.6. The minimum absolute atomic E-state index is 0.193. The lowest BCUT2D eigenvalue weighted by Gasteiger charge is -2.07. The van der Waals surface area contributed by atoms with Crippen molar-refractivity contribution in [2.45, 2.75) is 13.8 Å². The van der Waals surface area contributed by atoms with Gasteiger partial charge in [-0.3, -0.25) is 0 Å². The van der Waals surface area contributed by atoms with E-state index in [9.17, 15) is 10.2 Å². The highest BCUT2D eigenvalue weighted by Gasteiger charge is 2.12. The number of rotatable bonds is 2. The number of hydrogen-bond donors (Lipinski definition) is 2. The fourth-order valence-corrected chi connectivity index (χ4v) is 3.34. The number of hydrogen-bond acceptors (Lipinski definition) is 4. The highest BCUT2D eigenvalue weighted by Crippen LogP contribution is 2.42. The van der Waals surface area contributed by atoms with Gasteiger partial charge in [-0.2, -0.15) is 0 Å². The molecule has 0 aliphatic rings. The van der Waals surface area contributed by atoms with Gasteiger partial charge in [0.25, 0.3) is 0 Å². The second kappa shape index (κ2) is 6.59. The minimum atomic E-state index is 0.193. The van der Waals surface area contributed by atoms with Crippen LogP contribution in [0.15, 0.2) is 47.2 Å². The number of thiophene rings is 2. The van der Waals surface area contributed by atoms with Crippen molar-refractivity contribution in [2.75, 3.05) is 0 Å². The van der Waals surface area contributed by atoms with Crippen LogP contribution in [-0.2, 0) is 0 Å². The summed E-state index contributed by atoms with van der Waals surface area (Å²) in [5, 5.41) is 24.1. The quantitative estimate of drug-likeness (QED) is 0.607. The molecule has 2 nitrogen and oxygen atoms in total. The summed E-state index contributed by atoms with van der Waals surface area (Å²) >= 11 is 3.07. The normalized spacial score (nSPS) is 9.90. The number of benzene rings is 1. The second-order valence-corrected chi connectivity index (χ2v) is 5.74. The van der Waals surface area contributed by atoms with Crippen molar-refractivity contribution in [2.24, 2.45) is 0 Å². The Morgan fingerprint density at radius 3 is 1.45 bits per heavy atom. The molecule has 0 bridgehead atoms. The Kier molecular flexibility index (Phi) is 4.82. The van der Waals surface area contributed by atoms with Gasteiger partial charge in [-0.15, -0.1) is 22.7 Å². The van der Waals surface area contributed by atoms with Gasteiger partial charge in [0.1, 0.15) is 11.5 Å². The number of aromatic hydroxyl groups is 2. The molecule has 2 aromatic heterocycles. The SMILES string of the molecule is CC.Oc1cc(-c2cccs2)c(O)cc1-c1cccs1. The summed E-state index contributed by atoms with van der Waals surface area (Å²) in [5.41, 5.74) is 1.34. The van der Waals surface area contributed by atoms with Crippen molar-refractivity contribution in [1.82, 2.24) is 0 Å². The highest BCUT2D eigenvalue weighted by molar-refractivity contribution is 7.14. The van der Waals surface area contributed by atoms with Crippen LogP contribution in [-0.4, -0.2) is 10.2 Å². The molecule has 2 heterocycles. The zero-order chi connectivity index (χ0) is 14.5. The van der Waals surface area contributed by atoms with E-state index in [2.05, 4.69) is 0 Å². The molecule has 0 unspecified atom stereocenters. The van der Waals surface area contributed by atoms with Crippen LogP contribution in [0.25, 0.3) is 20.9 Å². The largest absolute Gasteiger partial charge is 0.507 e. The lowest BCUT2D eigenvalue weighted by atomic mass is 10.1. The molecule has 0 aliphatic carbocycles. The van der Waals surface area contributed by atoms with Crippen LogP contribution in [0.4, 0.5) is 0 Å². The summed E-state index contributed by atoms with van der Waals surface area (Å²) < 4.78 is 0. The Bertz CT molecular complexity index is 596. The first-order chi connectivity index (χ1) is 9.75. The molecular formula is C16H16O2S2. The molecular weight excluding hydrogens is 288 g/mol. The van der Waals surface area contributed by atoms with Gasteiger partial charge >= 0.3 is 0 Å². The average Bonchev–Trinajstić information content (AvgIpc) is 3.15. The van der Waals surface area contributed by atoms with E-state index in [1.165, 1.54) is 22.7 Å². The van der Waals surface area contributed by atoms with Gasteiger partial charge in [0.2, 0.25) is 0 Å². The molecule has 104 valence electrons. The summed E-state index contributed by atoms with van der Waals surface area (Å²) in [4.78, 5) is 1.89. The predicted octanol–water partition coefficient (Wildman–Crippen LogP) is 5.58. The van der Waals surface area contributed by atoms with Crippen LogP contribution in [0, 0.1) is 0 Å². The number of phenolic OH excluding ortho intramolecular Hbond substituents is 2. The lowest BCUT2D eigenvalue weighted by Crippen LogP contribution is -1.80. The Labute approximate surface area is 126 Å². The second-order valence-electron chi connectivity index (χ2n) is 3.84. The third-order valence-electron chi connectivity index (χ3n) is 2.69. The summed E-state index contributed by atoms with van der Waals surface area (Å²) in [6.07, 6.45) is 0. The van der Waals surface area contributed by atoms with Crippen molar-refractivity contribution in [1.29, 1.82) is 0 Å². The smallest absolute Gasteiger partial charge is 0.125 e. The van der Waals surface area contributed by atoms with Crippen molar-refractivity contribution in [3.05, 3.63) is 47.2 Å². The summed E-state index contributed by atoms with van der Waals surface area (Å²) in [7, 11) is 0. The predicted molar refractivity (Wildman–Crippen MR) is 87.7 cm³/mol. The fraction of sp³-hybridized carbons (Fsp3) is 0.125. The van der Waals surface area contributed by atoms with Crippen molar-refractivity contribution in [3.63, 3.8) is 0 Å². The first-order valence-corrected chi connectivity index (χ1v) is 8.15. The monoisotopic (exact) mass is 304 g/mol. The maximum Gasteiger partial charge on any atom is 0.125 e. The molecule has 0 spiro atoms. The average molecular weight is 304 g/mol. The zero-order valence-corrected chi connectivity index (χ0v) is 13.0. The topological polar surface area (TPSA) is 40.5 Å². The standard InChI is InChI=1S/C14H10O2S2.C2H6/c15-11-8-10(14-4-2-6-18-14)12(16)7-9(11)13-3-1-5-17-13;1-2/h1-8,15-16H;1-2H3. The first-order valence-electron chi connectivity index (χ1n) is 6.39. The van der Waals surface area contributed by atoms with E-state index in [1.54, 1.807) is 12.1 Å². The Morgan fingerprint density at radius 2 is 1.15 bits per heavy atom. The van der Waals surface area contributed by atoms with Crippen molar-refractivity contribution < 1.29 is 10.2 Å². The highest BCUT2D eigenvalue weighted by atomic mass is 32.1. The fourth-order valence-electron chi connectivity index (χ4n) is 1.84. The number of phenols is 2. The lowest BCUT2D eigenvalue weighted by molar-refractivity contribution is 0.464. The molecule has 0 atom stereocenters. The van der Waals surface area contributed by atoms with Crippen LogP contribution in [0.1, 0.15) is 13.8 Å². The third-order valence-corrected chi connectivity index (χ3v) is 4.49. The van der Waals surface area contributed by atoms with Crippen LogP contribution in [0.2, 0.25) is 0 Å². The third kappa shape index (κ3) is 2.86. The molecule has 4 heteroatoms. The van der Waals surface area contributed by atoms with Crippen LogP contribution in [0.3, 0.4) is 0 Å². The summed E-state index contributed by atoms with van der Waals surface area (Å²) in [5.74, 6) is 0.386. The van der Waals surface area contributed by atoms with Gasteiger partial charge in [0.05, 0.1) is 0 Å².